The maximum absolute atomic E-state index is 13.2. The molecular formula is C23H24N2O5S2. The molecule has 1 fully saturated rings. The summed E-state index contributed by atoms with van der Waals surface area (Å²) in [6.45, 7) is 3.93. The second kappa shape index (κ2) is 9.87. The Morgan fingerprint density at radius 3 is 2.53 bits per heavy atom. The van der Waals surface area contributed by atoms with Crippen molar-refractivity contribution in [2.24, 2.45) is 4.99 Å². The first-order valence-electron chi connectivity index (χ1n) is 10.7. The third-order valence-corrected chi connectivity index (χ3v) is 7.50. The van der Waals surface area contributed by atoms with Gasteiger partial charge in [0.25, 0.3) is 5.91 Å². The molecule has 1 amide bonds. The zero-order valence-corrected chi connectivity index (χ0v) is 19.6. The predicted octanol–water partition coefficient (Wildman–Crippen LogP) is 4.50. The Labute approximate surface area is 194 Å². The second-order valence-corrected chi connectivity index (χ2v) is 9.42. The minimum atomic E-state index is -1.03. The van der Waals surface area contributed by atoms with Crippen molar-refractivity contribution in [3.05, 3.63) is 46.3 Å². The smallest absolute Gasteiger partial charge is 0.341 e. The number of ether oxygens (including phenoxy) is 2. The molecule has 1 aromatic carbocycles. The molecule has 4 rings (SSSR count). The van der Waals surface area contributed by atoms with Crippen LogP contribution in [-0.2, 0) is 31.9 Å². The van der Waals surface area contributed by atoms with E-state index in [1.807, 2.05) is 18.2 Å². The van der Waals surface area contributed by atoms with Crippen LogP contribution in [0.3, 0.4) is 0 Å². The molecule has 0 radical (unpaired) electrons. The molecule has 1 atom stereocenters. The zero-order chi connectivity index (χ0) is 22.7. The van der Waals surface area contributed by atoms with Crippen molar-refractivity contribution in [2.45, 2.75) is 44.8 Å². The highest BCUT2D eigenvalue weighted by Crippen LogP contribution is 2.42. The summed E-state index contributed by atoms with van der Waals surface area (Å²) in [6.07, 6.45) is 3.79. The lowest BCUT2D eigenvalue weighted by atomic mass is 9.95. The first kappa shape index (κ1) is 22.5. The van der Waals surface area contributed by atoms with E-state index in [2.05, 4.69) is 0 Å². The van der Waals surface area contributed by atoms with Gasteiger partial charge in [0.05, 0.1) is 24.5 Å². The van der Waals surface area contributed by atoms with Gasteiger partial charge in [-0.2, -0.15) is 0 Å². The highest BCUT2D eigenvalue weighted by Gasteiger charge is 2.44. The van der Waals surface area contributed by atoms with Gasteiger partial charge in [0.2, 0.25) is 0 Å². The van der Waals surface area contributed by atoms with E-state index in [4.69, 9.17) is 14.5 Å². The van der Waals surface area contributed by atoms with Gasteiger partial charge < -0.3 is 9.47 Å². The van der Waals surface area contributed by atoms with E-state index in [0.29, 0.717) is 21.4 Å². The summed E-state index contributed by atoms with van der Waals surface area (Å²) in [7, 11) is 0. The molecule has 0 spiro atoms. The van der Waals surface area contributed by atoms with Crippen LogP contribution in [0.1, 0.15) is 47.5 Å². The second-order valence-electron chi connectivity index (χ2n) is 7.27. The summed E-state index contributed by atoms with van der Waals surface area (Å²) < 4.78 is 10.4. The Kier molecular flexibility index (Phi) is 6.95. The van der Waals surface area contributed by atoms with Crippen molar-refractivity contribution in [1.29, 1.82) is 0 Å². The molecule has 7 nitrogen and oxygen atoms in total. The standard InChI is InChI=1S/C23H24N2O5S2/c1-3-29-21(27)17-15-12-8-9-13-16(15)31-19(17)24-23-25(14-10-6-5-7-11-14)20(26)18(32-23)22(28)30-4-2/h5-7,10-11,18H,3-4,8-9,12-13H2,1-2H3/b24-23-. The molecule has 2 aromatic rings. The summed E-state index contributed by atoms with van der Waals surface area (Å²) in [6, 6.07) is 9.05. The number of hydrogen-bond donors (Lipinski definition) is 0. The van der Waals surface area contributed by atoms with Crippen LogP contribution in [0.5, 0.6) is 0 Å². The normalized spacial score (nSPS) is 19.2. The van der Waals surface area contributed by atoms with Gasteiger partial charge in [-0.25, -0.2) is 9.79 Å². The number of esters is 2. The van der Waals surface area contributed by atoms with E-state index < -0.39 is 23.1 Å². The highest BCUT2D eigenvalue weighted by atomic mass is 32.2. The van der Waals surface area contributed by atoms with Gasteiger partial charge in [-0.1, -0.05) is 30.0 Å². The number of aryl methyl sites for hydroxylation is 1. The minimum Gasteiger partial charge on any atom is -0.465 e. The highest BCUT2D eigenvalue weighted by molar-refractivity contribution is 8.16. The monoisotopic (exact) mass is 472 g/mol. The lowest BCUT2D eigenvalue weighted by Crippen LogP contribution is -2.35. The third kappa shape index (κ3) is 4.31. The number of carbonyl (C=O) groups excluding carboxylic acids is 3. The van der Waals surface area contributed by atoms with Crippen LogP contribution in [-0.4, -0.2) is 41.5 Å². The van der Waals surface area contributed by atoms with Crippen LogP contribution in [0.2, 0.25) is 0 Å². The van der Waals surface area contributed by atoms with E-state index in [9.17, 15) is 14.4 Å². The van der Waals surface area contributed by atoms with Gasteiger partial charge in [0.15, 0.2) is 10.4 Å². The maximum atomic E-state index is 13.2. The van der Waals surface area contributed by atoms with Gasteiger partial charge in [0.1, 0.15) is 5.00 Å². The summed E-state index contributed by atoms with van der Waals surface area (Å²) in [5, 5.41) is -0.158. The summed E-state index contributed by atoms with van der Waals surface area (Å²) in [5.41, 5.74) is 2.09. The number of hydrogen-bond acceptors (Lipinski definition) is 8. The fourth-order valence-corrected chi connectivity index (χ4v) is 6.14. The van der Waals surface area contributed by atoms with Crippen molar-refractivity contribution < 1.29 is 23.9 Å². The SMILES string of the molecule is CCOC(=O)c1c(/N=C2\SC(C(=O)OCC)C(=O)N2c2ccccc2)sc2c1CCCC2. The average Bonchev–Trinajstić information content (AvgIpc) is 3.32. The molecule has 1 aliphatic heterocycles. The van der Waals surface area contributed by atoms with Gasteiger partial charge in [-0.3, -0.25) is 14.5 Å². The molecular weight excluding hydrogens is 448 g/mol. The van der Waals surface area contributed by atoms with Crippen LogP contribution >= 0.6 is 23.1 Å². The quantitative estimate of drug-likeness (QED) is 0.455. The molecule has 1 aliphatic carbocycles. The third-order valence-electron chi connectivity index (χ3n) is 5.20. The Morgan fingerprint density at radius 1 is 1.09 bits per heavy atom. The number of thiophene rings is 1. The van der Waals surface area contributed by atoms with E-state index in [-0.39, 0.29) is 13.2 Å². The number of fused-ring (bicyclic) bond motifs is 1. The predicted molar refractivity (Wildman–Crippen MR) is 126 cm³/mol. The number of aliphatic imine (C=N–C) groups is 1. The van der Waals surface area contributed by atoms with Gasteiger partial charge >= 0.3 is 11.9 Å². The van der Waals surface area contributed by atoms with E-state index >= 15 is 0 Å². The van der Waals surface area contributed by atoms with Gasteiger partial charge in [-0.15, -0.1) is 11.3 Å². The summed E-state index contributed by atoms with van der Waals surface area (Å²) in [5.74, 6) is -1.39. The number of rotatable bonds is 6. The van der Waals surface area contributed by atoms with Crippen LogP contribution < -0.4 is 4.90 Å². The molecule has 2 heterocycles. The number of amidine groups is 1. The number of nitrogens with zero attached hydrogens (tertiary/aromatic N) is 2. The largest absolute Gasteiger partial charge is 0.465 e. The Hall–Kier alpha value is -2.65. The van der Waals surface area contributed by atoms with Crippen LogP contribution in [0, 0.1) is 0 Å². The molecule has 1 aromatic heterocycles. The topological polar surface area (TPSA) is 85.3 Å². The Morgan fingerprint density at radius 2 is 1.81 bits per heavy atom. The zero-order valence-electron chi connectivity index (χ0n) is 18.0. The lowest BCUT2D eigenvalue weighted by Gasteiger charge is -2.16. The molecule has 1 unspecified atom stereocenters. The van der Waals surface area contributed by atoms with Crippen molar-refractivity contribution in [3.63, 3.8) is 0 Å². The number of amides is 1. The van der Waals surface area contributed by atoms with Crippen molar-refractivity contribution in [2.75, 3.05) is 18.1 Å². The molecule has 0 N–H and O–H groups in total. The molecule has 0 bridgehead atoms. The van der Waals surface area contributed by atoms with E-state index in [1.54, 1.807) is 26.0 Å². The number of anilines is 1. The number of thioether (sulfide) groups is 1. The van der Waals surface area contributed by atoms with Crippen LogP contribution in [0.15, 0.2) is 35.3 Å². The minimum absolute atomic E-state index is 0.186. The van der Waals surface area contributed by atoms with Gasteiger partial charge in [0, 0.05) is 4.88 Å². The van der Waals surface area contributed by atoms with Crippen molar-refractivity contribution in [3.8, 4) is 0 Å². The molecule has 32 heavy (non-hydrogen) atoms. The van der Waals surface area contributed by atoms with Crippen LogP contribution in [0.25, 0.3) is 0 Å². The number of para-hydroxylation sites is 1. The number of benzene rings is 1. The Bertz CT molecular complexity index is 1060. The fourth-order valence-electron chi connectivity index (χ4n) is 3.81. The van der Waals surface area contributed by atoms with E-state index in [1.165, 1.54) is 16.2 Å². The molecule has 1 saturated heterocycles. The van der Waals surface area contributed by atoms with Gasteiger partial charge in [-0.05, 0) is 57.2 Å². The lowest BCUT2D eigenvalue weighted by molar-refractivity contribution is -0.144. The summed E-state index contributed by atoms with van der Waals surface area (Å²) in [4.78, 5) is 45.7. The number of carbonyl (C=O) groups is 3. The molecule has 168 valence electrons. The molecule has 2 aliphatic rings. The maximum Gasteiger partial charge on any atom is 0.341 e. The van der Waals surface area contributed by atoms with Crippen molar-refractivity contribution >= 4 is 56.8 Å². The fraction of sp³-hybridized carbons (Fsp3) is 0.391. The first-order chi connectivity index (χ1) is 15.5. The van der Waals surface area contributed by atoms with Crippen LogP contribution in [0.4, 0.5) is 10.7 Å². The van der Waals surface area contributed by atoms with E-state index in [0.717, 1.165) is 47.9 Å². The molecule has 0 saturated carbocycles. The summed E-state index contributed by atoms with van der Waals surface area (Å²) >= 11 is 2.52. The first-order valence-corrected chi connectivity index (χ1v) is 12.4. The average molecular weight is 473 g/mol. The van der Waals surface area contributed by atoms with Crippen molar-refractivity contribution in [1.82, 2.24) is 0 Å². The molecule has 9 heteroatoms. The Balaban J connectivity index is 1.80.